The third-order valence-electron chi connectivity index (χ3n) is 8.65. The summed E-state index contributed by atoms with van der Waals surface area (Å²) in [7, 11) is 0. The topological polar surface area (TPSA) is 78.9 Å². The Labute approximate surface area is 342 Å². The second-order valence-electron chi connectivity index (χ2n) is 14.0. The second-order valence-corrected chi connectivity index (χ2v) is 14.0. The predicted molar refractivity (Wildman–Crippen MR) is 237 cm³/mol. The molecule has 0 rings (SSSR count). The Hall–Kier alpha value is -3.93. The zero-order valence-electron chi connectivity index (χ0n) is 35.6. The molecule has 0 fully saturated rings. The molecule has 0 aliphatic rings. The molecule has 1 unspecified atom stereocenters. The van der Waals surface area contributed by atoms with E-state index in [1.165, 1.54) is 32.1 Å². The van der Waals surface area contributed by atoms with E-state index >= 15 is 0 Å². The van der Waals surface area contributed by atoms with Crippen molar-refractivity contribution in [2.45, 2.75) is 175 Å². The van der Waals surface area contributed by atoms with Crippen LogP contribution in [0.1, 0.15) is 168 Å². The first-order valence-electron chi connectivity index (χ1n) is 22.0. The minimum Gasteiger partial charge on any atom is -0.462 e. The van der Waals surface area contributed by atoms with E-state index in [9.17, 15) is 14.4 Å². The molecule has 0 aromatic heterocycles. The van der Waals surface area contributed by atoms with Crippen LogP contribution in [-0.4, -0.2) is 37.2 Å². The van der Waals surface area contributed by atoms with Gasteiger partial charge in [-0.3, -0.25) is 14.4 Å². The van der Waals surface area contributed by atoms with Gasteiger partial charge >= 0.3 is 17.9 Å². The van der Waals surface area contributed by atoms with E-state index in [4.69, 9.17) is 14.2 Å². The molecule has 0 aromatic rings. The molecule has 6 heteroatoms. The summed E-state index contributed by atoms with van der Waals surface area (Å²) in [5.74, 6) is -1.02. The summed E-state index contributed by atoms with van der Waals surface area (Å²) in [6, 6.07) is 0. The molecule has 0 saturated heterocycles. The van der Waals surface area contributed by atoms with Crippen LogP contribution in [0.4, 0.5) is 0 Å². The summed E-state index contributed by atoms with van der Waals surface area (Å²) in [5.41, 5.74) is 0. The van der Waals surface area contributed by atoms with Crippen LogP contribution in [-0.2, 0) is 28.6 Å². The van der Waals surface area contributed by atoms with Crippen LogP contribution in [0.25, 0.3) is 0 Å². The minimum atomic E-state index is -0.813. The summed E-state index contributed by atoms with van der Waals surface area (Å²) >= 11 is 0. The Morgan fingerprint density at radius 1 is 0.393 bits per heavy atom. The van der Waals surface area contributed by atoms with Crippen molar-refractivity contribution in [2.24, 2.45) is 0 Å². The number of hydrogen-bond acceptors (Lipinski definition) is 6. The molecule has 56 heavy (non-hydrogen) atoms. The van der Waals surface area contributed by atoms with Crippen molar-refractivity contribution >= 4 is 17.9 Å². The number of rotatable bonds is 37. The van der Waals surface area contributed by atoms with Crippen LogP contribution in [0.15, 0.2) is 109 Å². The molecule has 0 amide bonds. The van der Waals surface area contributed by atoms with Crippen LogP contribution in [0, 0.1) is 0 Å². The molecule has 0 N–H and O–H groups in total. The molecule has 0 aromatic carbocycles. The molecule has 0 saturated carbocycles. The van der Waals surface area contributed by atoms with Crippen LogP contribution in [0.3, 0.4) is 0 Å². The minimum absolute atomic E-state index is 0.116. The quantitative estimate of drug-likeness (QED) is 0.0206. The highest BCUT2D eigenvalue weighted by molar-refractivity contribution is 5.71. The van der Waals surface area contributed by atoms with Crippen molar-refractivity contribution in [3.8, 4) is 0 Å². The van der Waals surface area contributed by atoms with Crippen molar-refractivity contribution in [3.05, 3.63) is 109 Å². The van der Waals surface area contributed by atoms with Crippen molar-refractivity contribution in [3.63, 3.8) is 0 Å². The Bertz CT molecular complexity index is 1210. The maximum atomic E-state index is 12.7. The summed E-state index contributed by atoms with van der Waals surface area (Å²) < 4.78 is 16.6. The van der Waals surface area contributed by atoms with Gasteiger partial charge in [0.1, 0.15) is 13.2 Å². The Balaban J connectivity index is 4.52. The molecule has 0 spiro atoms. The van der Waals surface area contributed by atoms with Gasteiger partial charge in [0, 0.05) is 19.3 Å². The van der Waals surface area contributed by atoms with E-state index in [0.717, 1.165) is 96.3 Å². The van der Waals surface area contributed by atoms with Crippen molar-refractivity contribution in [1.29, 1.82) is 0 Å². The number of esters is 3. The molecule has 6 nitrogen and oxygen atoms in total. The van der Waals surface area contributed by atoms with E-state index in [1.807, 2.05) is 60.8 Å². The fourth-order valence-corrected chi connectivity index (χ4v) is 5.38. The van der Waals surface area contributed by atoms with Crippen LogP contribution in [0.2, 0.25) is 0 Å². The van der Waals surface area contributed by atoms with Gasteiger partial charge in [-0.05, 0) is 89.9 Å². The molecule has 1 atom stereocenters. The number of allylic oxidation sites excluding steroid dienone is 18. The smallest absolute Gasteiger partial charge is 0.306 e. The Kier molecular flexibility index (Phi) is 40.7. The standard InChI is InChI=1S/C50H78O6/c1-4-7-10-13-16-19-21-23-24-25-26-27-29-31-34-37-40-43-49(52)55-46-47(45-54-48(51)42-39-36-33-30-18-15-12-9-6-3)56-50(53)44-41-38-35-32-28-22-20-17-14-11-8-5-2/h7,9-10,12-13,16-21,23-27,29-30,47H,4-6,8,11,14-15,22,28,31-46H2,1-3H3/b10-7-,12-9-,16-13-,20-17-,21-19-,24-23-,26-25+,29-27-,30-18-. The van der Waals surface area contributed by atoms with E-state index in [-0.39, 0.29) is 31.1 Å². The predicted octanol–water partition coefficient (Wildman–Crippen LogP) is 14.0. The van der Waals surface area contributed by atoms with Crippen LogP contribution in [0.5, 0.6) is 0 Å². The van der Waals surface area contributed by atoms with Gasteiger partial charge in [-0.2, -0.15) is 0 Å². The van der Waals surface area contributed by atoms with Gasteiger partial charge in [0.05, 0.1) is 0 Å². The number of ether oxygens (including phenoxy) is 3. The monoisotopic (exact) mass is 775 g/mol. The van der Waals surface area contributed by atoms with E-state index < -0.39 is 6.10 Å². The highest BCUT2D eigenvalue weighted by Crippen LogP contribution is 2.12. The number of hydrogen-bond donors (Lipinski definition) is 0. The zero-order valence-corrected chi connectivity index (χ0v) is 35.6. The average Bonchev–Trinajstić information content (AvgIpc) is 3.19. The van der Waals surface area contributed by atoms with Crippen molar-refractivity contribution in [2.75, 3.05) is 13.2 Å². The van der Waals surface area contributed by atoms with Crippen LogP contribution >= 0.6 is 0 Å². The lowest BCUT2D eigenvalue weighted by molar-refractivity contribution is -0.167. The Morgan fingerprint density at radius 2 is 0.786 bits per heavy atom. The highest BCUT2D eigenvalue weighted by atomic mass is 16.6. The van der Waals surface area contributed by atoms with Gasteiger partial charge < -0.3 is 14.2 Å². The third kappa shape index (κ3) is 41.2. The first-order valence-corrected chi connectivity index (χ1v) is 22.0. The average molecular weight is 775 g/mol. The molecule has 0 bridgehead atoms. The summed E-state index contributed by atoms with van der Waals surface area (Å²) in [4.78, 5) is 37.6. The summed E-state index contributed by atoms with van der Waals surface area (Å²) in [6.45, 7) is 6.22. The number of carbonyl (C=O) groups excluding carboxylic acids is 3. The van der Waals surface area contributed by atoms with E-state index in [0.29, 0.717) is 19.3 Å². The fraction of sp³-hybridized carbons (Fsp3) is 0.580. The normalized spacial score (nSPS) is 13.1. The maximum absolute atomic E-state index is 12.7. The molecular formula is C50H78O6. The lowest BCUT2D eigenvalue weighted by Gasteiger charge is -2.18. The lowest BCUT2D eigenvalue weighted by atomic mass is 10.1. The molecule has 0 radical (unpaired) electrons. The van der Waals surface area contributed by atoms with Gasteiger partial charge in [-0.1, -0.05) is 169 Å². The zero-order chi connectivity index (χ0) is 40.8. The van der Waals surface area contributed by atoms with Crippen molar-refractivity contribution < 1.29 is 28.6 Å². The molecule has 314 valence electrons. The van der Waals surface area contributed by atoms with Crippen molar-refractivity contribution in [1.82, 2.24) is 0 Å². The molecular weight excluding hydrogens is 697 g/mol. The van der Waals surface area contributed by atoms with Gasteiger partial charge in [0.25, 0.3) is 0 Å². The largest absolute Gasteiger partial charge is 0.462 e. The van der Waals surface area contributed by atoms with Gasteiger partial charge in [-0.25, -0.2) is 0 Å². The van der Waals surface area contributed by atoms with Crippen LogP contribution < -0.4 is 0 Å². The Morgan fingerprint density at radius 3 is 1.36 bits per heavy atom. The summed E-state index contributed by atoms with van der Waals surface area (Å²) in [5, 5.41) is 0. The van der Waals surface area contributed by atoms with E-state index in [1.54, 1.807) is 0 Å². The first kappa shape index (κ1) is 52.1. The second kappa shape index (κ2) is 43.8. The maximum Gasteiger partial charge on any atom is 0.306 e. The number of carbonyl (C=O) groups is 3. The van der Waals surface area contributed by atoms with E-state index in [2.05, 4.69) is 69.4 Å². The van der Waals surface area contributed by atoms with Gasteiger partial charge in [0.2, 0.25) is 0 Å². The van der Waals surface area contributed by atoms with Gasteiger partial charge in [0.15, 0.2) is 6.10 Å². The molecule has 0 heterocycles. The SMILES string of the molecule is CC\C=C/C=C\C=C/C=C\C=C\C=C/CCCCCC(=O)OCC(COC(=O)CCCC/C=C\C/C=C\CC)OC(=O)CCCCCCC/C=C\CCCCC. The number of unbranched alkanes of at least 4 members (excludes halogenated alkanes) is 13. The van der Waals surface area contributed by atoms with Gasteiger partial charge in [-0.15, -0.1) is 0 Å². The first-order chi connectivity index (χ1) is 27.5. The molecule has 0 aliphatic heterocycles. The third-order valence-corrected chi connectivity index (χ3v) is 8.65. The lowest BCUT2D eigenvalue weighted by Crippen LogP contribution is -2.30. The highest BCUT2D eigenvalue weighted by Gasteiger charge is 2.19. The summed E-state index contributed by atoms with van der Waals surface area (Å²) in [6.07, 6.45) is 57.9. The fourth-order valence-electron chi connectivity index (χ4n) is 5.38. The molecule has 0 aliphatic carbocycles.